The van der Waals surface area contributed by atoms with Gasteiger partial charge in [0.15, 0.2) is 0 Å². The van der Waals surface area contributed by atoms with Gasteiger partial charge in [0, 0.05) is 37.9 Å². The highest BCUT2D eigenvalue weighted by Crippen LogP contribution is 2.18. The van der Waals surface area contributed by atoms with E-state index in [0.29, 0.717) is 13.1 Å². The van der Waals surface area contributed by atoms with Crippen molar-refractivity contribution >= 4 is 0 Å². The summed E-state index contributed by atoms with van der Waals surface area (Å²) in [5.41, 5.74) is 6.87. The molecule has 0 aromatic carbocycles. The van der Waals surface area contributed by atoms with Crippen molar-refractivity contribution in [3.8, 4) is 6.07 Å². The van der Waals surface area contributed by atoms with Crippen molar-refractivity contribution in [3.05, 3.63) is 18.0 Å². The van der Waals surface area contributed by atoms with Crippen molar-refractivity contribution in [1.82, 2.24) is 14.7 Å². The van der Waals surface area contributed by atoms with Crippen LogP contribution in [0.25, 0.3) is 0 Å². The minimum Gasteiger partial charge on any atom is -0.329 e. The Labute approximate surface area is 96.5 Å². The van der Waals surface area contributed by atoms with Gasteiger partial charge in [0.25, 0.3) is 0 Å². The van der Waals surface area contributed by atoms with Gasteiger partial charge in [0.2, 0.25) is 0 Å². The van der Waals surface area contributed by atoms with E-state index >= 15 is 0 Å². The maximum atomic E-state index is 8.79. The number of aryl methyl sites for hydroxylation is 1. The molecule has 0 spiro atoms. The second-order valence-electron chi connectivity index (χ2n) is 4.17. The first kappa shape index (κ1) is 12.7. The third-order valence-corrected chi connectivity index (χ3v) is 2.65. The number of aromatic nitrogens is 2. The van der Waals surface area contributed by atoms with E-state index in [9.17, 15) is 0 Å². The predicted molar refractivity (Wildman–Crippen MR) is 62.4 cm³/mol. The number of nitrogens with two attached hydrogens (primary N) is 1. The number of hydrogen-bond acceptors (Lipinski definition) is 4. The highest BCUT2D eigenvalue weighted by atomic mass is 15.2. The number of likely N-dealkylation sites (N-methyl/N-ethyl adjacent to an activating group) is 1. The lowest BCUT2D eigenvalue weighted by Crippen LogP contribution is -2.33. The average Bonchev–Trinajstić information content (AvgIpc) is 2.65. The fraction of sp³-hybridized carbons (Fsp3) is 0.636. The van der Waals surface area contributed by atoms with Gasteiger partial charge >= 0.3 is 0 Å². The first-order valence-corrected chi connectivity index (χ1v) is 5.37. The Balaban J connectivity index is 2.71. The molecule has 5 nitrogen and oxygen atoms in total. The SMILES string of the molecule is CC(C#N)CN(C)C(CN)c1cnn(C)c1. The van der Waals surface area contributed by atoms with E-state index in [4.69, 9.17) is 11.0 Å². The molecule has 1 aromatic rings. The first-order chi connectivity index (χ1) is 7.58. The molecule has 88 valence electrons. The molecule has 0 amide bonds. The number of nitrogens with zero attached hydrogens (tertiary/aromatic N) is 4. The quantitative estimate of drug-likeness (QED) is 0.786. The normalized spacial score (nSPS) is 14.8. The zero-order valence-corrected chi connectivity index (χ0v) is 10.1. The number of rotatable bonds is 5. The van der Waals surface area contributed by atoms with Crippen molar-refractivity contribution in [1.29, 1.82) is 5.26 Å². The summed E-state index contributed by atoms with van der Waals surface area (Å²) < 4.78 is 1.76. The van der Waals surface area contributed by atoms with Crippen LogP contribution in [0, 0.1) is 17.2 Å². The van der Waals surface area contributed by atoms with Crippen LogP contribution in [-0.4, -0.2) is 34.8 Å². The molecule has 2 unspecified atom stereocenters. The van der Waals surface area contributed by atoms with Crippen molar-refractivity contribution in [2.24, 2.45) is 18.7 Å². The standard InChI is InChI=1S/C11H19N5/c1-9(4-12)7-15(2)11(5-13)10-6-14-16(3)8-10/h6,8-9,11H,5,7,13H2,1-3H3. The van der Waals surface area contributed by atoms with Gasteiger partial charge in [-0.05, 0) is 14.0 Å². The molecule has 5 heteroatoms. The minimum atomic E-state index is 0.00993. The van der Waals surface area contributed by atoms with E-state index in [2.05, 4.69) is 16.1 Å². The lowest BCUT2D eigenvalue weighted by atomic mass is 10.1. The Morgan fingerprint density at radius 3 is 2.81 bits per heavy atom. The number of nitriles is 1. The lowest BCUT2D eigenvalue weighted by Gasteiger charge is -2.26. The summed E-state index contributed by atoms with van der Waals surface area (Å²) in [5.74, 6) is 0.00993. The zero-order valence-electron chi connectivity index (χ0n) is 10.1. The van der Waals surface area contributed by atoms with E-state index in [0.717, 1.165) is 5.56 Å². The summed E-state index contributed by atoms with van der Waals surface area (Å²) in [5, 5.41) is 12.9. The van der Waals surface area contributed by atoms with E-state index in [-0.39, 0.29) is 12.0 Å². The Morgan fingerprint density at radius 1 is 1.69 bits per heavy atom. The van der Waals surface area contributed by atoms with E-state index in [1.165, 1.54) is 0 Å². The van der Waals surface area contributed by atoms with Crippen LogP contribution in [-0.2, 0) is 7.05 Å². The van der Waals surface area contributed by atoms with Crippen LogP contribution < -0.4 is 5.73 Å². The molecule has 0 fully saturated rings. The lowest BCUT2D eigenvalue weighted by molar-refractivity contribution is 0.233. The number of hydrogen-bond donors (Lipinski definition) is 1. The highest BCUT2D eigenvalue weighted by molar-refractivity contribution is 5.11. The van der Waals surface area contributed by atoms with Gasteiger partial charge in [-0.25, -0.2) is 0 Å². The Bertz CT molecular complexity index is 365. The smallest absolute Gasteiger partial charge is 0.0666 e. The maximum absolute atomic E-state index is 8.79. The van der Waals surface area contributed by atoms with Crippen LogP contribution >= 0.6 is 0 Å². The molecule has 1 aromatic heterocycles. The molecule has 0 aliphatic heterocycles. The predicted octanol–water partition coefficient (Wildman–Crippen LogP) is 0.511. The monoisotopic (exact) mass is 221 g/mol. The Morgan fingerprint density at radius 2 is 2.38 bits per heavy atom. The van der Waals surface area contributed by atoms with Crippen LogP contribution in [0.15, 0.2) is 12.4 Å². The van der Waals surface area contributed by atoms with Gasteiger partial charge in [-0.3, -0.25) is 9.58 Å². The van der Waals surface area contributed by atoms with Crippen molar-refractivity contribution in [2.75, 3.05) is 20.1 Å². The fourth-order valence-electron chi connectivity index (χ4n) is 1.78. The maximum Gasteiger partial charge on any atom is 0.0666 e. The van der Waals surface area contributed by atoms with Crippen molar-refractivity contribution in [3.63, 3.8) is 0 Å². The van der Waals surface area contributed by atoms with Crippen LogP contribution in [0.2, 0.25) is 0 Å². The van der Waals surface area contributed by atoms with Crippen LogP contribution in [0.3, 0.4) is 0 Å². The molecule has 0 aliphatic rings. The summed E-state index contributed by atoms with van der Waals surface area (Å²) in [6, 6.07) is 2.36. The van der Waals surface area contributed by atoms with E-state index in [1.54, 1.807) is 4.68 Å². The minimum absolute atomic E-state index is 0.00993. The summed E-state index contributed by atoms with van der Waals surface area (Å²) in [6.45, 7) is 3.15. The molecule has 0 radical (unpaired) electrons. The Kier molecular flexibility index (Phi) is 4.47. The first-order valence-electron chi connectivity index (χ1n) is 5.37. The van der Waals surface area contributed by atoms with Gasteiger partial charge in [-0.15, -0.1) is 0 Å². The second-order valence-corrected chi connectivity index (χ2v) is 4.17. The van der Waals surface area contributed by atoms with Crippen molar-refractivity contribution < 1.29 is 0 Å². The van der Waals surface area contributed by atoms with Crippen molar-refractivity contribution in [2.45, 2.75) is 13.0 Å². The molecule has 0 saturated heterocycles. The molecular formula is C11H19N5. The average molecular weight is 221 g/mol. The summed E-state index contributed by atoms with van der Waals surface area (Å²) in [6.07, 6.45) is 3.79. The van der Waals surface area contributed by atoms with Crippen LogP contribution in [0.4, 0.5) is 0 Å². The van der Waals surface area contributed by atoms with Gasteiger partial charge in [-0.2, -0.15) is 10.4 Å². The Hall–Kier alpha value is -1.38. The summed E-state index contributed by atoms with van der Waals surface area (Å²) in [4.78, 5) is 2.10. The molecule has 1 rings (SSSR count). The van der Waals surface area contributed by atoms with Crippen LogP contribution in [0.1, 0.15) is 18.5 Å². The van der Waals surface area contributed by atoms with Crippen LogP contribution in [0.5, 0.6) is 0 Å². The molecule has 2 atom stereocenters. The molecule has 2 N–H and O–H groups in total. The molecule has 16 heavy (non-hydrogen) atoms. The van der Waals surface area contributed by atoms with E-state index < -0.39 is 0 Å². The summed E-state index contributed by atoms with van der Waals surface area (Å²) in [7, 11) is 3.87. The van der Waals surface area contributed by atoms with Gasteiger partial charge in [0.1, 0.15) is 0 Å². The van der Waals surface area contributed by atoms with Gasteiger partial charge < -0.3 is 5.73 Å². The third-order valence-electron chi connectivity index (χ3n) is 2.65. The largest absolute Gasteiger partial charge is 0.329 e. The van der Waals surface area contributed by atoms with Gasteiger partial charge in [-0.1, -0.05) is 0 Å². The molecule has 0 saturated carbocycles. The zero-order chi connectivity index (χ0) is 12.1. The molecule has 0 bridgehead atoms. The third kappa shape index (κ3) is 3.05. The second kappa shape index (κ2) is 5.64. The highest BCUT2D eigenvalue weighted by Gasteiger charge is 2.18. The topological polar surface area (TPSA) is 70.9 Å². The summed E-state index contributed by atoms with van der Waals surface area (Å²) >= 11 is 0. The molecule has 1 heterocycles. The molecule has 0 aliphatic carbocycles. The van der Waals surface area contributed by atoms with E-state index in [1.807, 2.05) is 33.4 Å². The fourth-order valence-corrected chi connectivity index (χ4v) is 1.78. The van der Waals surface area contributed by atoms with Gasteiger partial charge in [0.05, 0.1) is 18.2 Å². The molecular weight excluding hydrogens is 202 g/mol.